The summed E-state index contributed by atoms with van der Waals surface area (Å²) in [4.78, 5) is 24.1. The van der Waals surface area contributed by atoms with E-state index in [0.717, 1.165) is 0 Å². The molecule has 1 aromatic heterocycles. The molecule has 2 rings (SSSR count). The number of nitrogens with zero attached hydrogens (tertiary/aromatic N) is 1. The monoisotopic (exact) mass is 292 g/mol. The van der Waals surface area contributed by atoms with E-state index in [1.54, 1.807) is 4.98 Å². The van der Waals surface area contributed by atoms with Crippen LogP contribution >= 0.6 is 0 Å². The fraction of sp³-hybridized carbons (Fsp3) is 0.600. The van der Waals surface area contributed by atoms with Crippen LogP contribution < -0.4 is 11.2 Å². The molecule has 9 nitrogen and oxygen atoms in total. The molecule has 0 aliphatic carbocycles. The number of hydrogen-bond acceptors (Lipinski definition) is 7. The maximum absolute atomic E-state index is 13.2. The molecule has 1 aromatic rings. The molecule has 2 heterocycles. The van der Waals surface area contributed by atoms with Gasteiger partial charge in [0.25, 0.3) is 5.56 Å². The molecule has 0 unspecified atom stereocenters. The predicted molar refractivity (Wildman–Crippen MR) is 60.3 cm³/mol. The zero-order valence-corrected chi connectivity index (χ0v) is 10.0. The van der Waals surface area contributed by atoms with Crippen LogP contribution in [0.1, 0.15) is 6.23 Å². The molecule has 10 heteroatoms. The lowest BCUT2D eigenvalue weighted by molar-refractivity contribution is -0.252. The van der Waals surface area contributed by atoms with E-state index >= 15 is 0 Å². The summed E-state index contributed by atoms with van der Waals surface area (Å²) < 4.78 is 18.8. The molecule has 0 spiro atoms. The van der Waals surface area contributed by atoms with Crippen molar-refractivity contribution in [3.05, 3.63) is 32.9 Å². The van der Waals surface area contributed by atoms with Crippen LogP contribution in [0.15, 0.2) is 15.8 Å². The molecule has 0 aromatic carbocycles. The fourth-order valence-electron chi connectivity index (χ4n) is 1.96. The molecule has 1 aliphatic heterocycles. The van der Waals surface area contributed by atoms with Gasteiger partial charge in [0, 0.05) is 0 Å². The molecule has 0 bridgehead atoms. The molecule has 20 heavy (non-hydrogen) atoms. The maximum atomic E-state index is 13.2. The highest BCUT2D eigenvalue weighted by Crippen LogP contribution is 2.27. The highest BCUT2D eigenvalue weighted by Gasteiger charge is 2.44. The van der Waals surface area contributed by atoms with E-state index in [9.17, 15) is 29.3 Å². The minimum Gasteiger partial charge on any atom is -0.394 e. The van der Waals surface area contributed by atoms with Gasteiger partial charge < -0.3 is 25.2 Å². The van der Waals surface area contributed by atoms with Crippen molar-refractivity contribution >= 4 is 0 Å². The van der Waals surface area contributed by atoms with Crippen molar-refractivity contribution in [1.29, 1.82) is 0 Å². The first kappa shape index (κ1) is 14.8. The first-order valence-electron chi connectivity index (χ1n) is 5.68. The number of halogens is 1. The Balaban J connectivity index is 2.44. The normalized spacial score (nSPS) is 34.1. The van der Waals surface area contributed by atoms with Gasteiger partial charge in [-0.15, -0.1) is 0 Å². The summed E-state index contributed by atoms with van der Waals surface area (Å²) in [6.45, 7) is -0.692. The van der Waals surface area contributed by atoms with E-state index in [0.29, 0.717) is 10.8 Å². The number of H-pyrrole nitrogens is 1. The van der Waals surface area contributed by atoms with E-state index < -0.39 is 54.3 Å². The van der Waals surface area contributed by atoms with Crippen LogP contribution in [0.5, 0.6) is 0 Å². The maximum Gasteiger partial charge on any atom is 0.330 e. The molecular formula is C10H13FN2O7. The molecule has 5 N–H and O–H groups in total. The Labute approximate surface area is 110 Å². The number of hydrogen-bond donors (Lipinski definition) is 5. The number of aliphatic hydroxyl groups excluding tert-OH is 4. The first-order chi connectivity index (χ1) is 9.36. The van der Waals surface area contributed by atoms with Crippen molar-refractivity contribution in [2.75, 3.05) is 6.61 Å². The average Bonchev–Trinajstić information content (AvgIpc) is 2.41. The quantitative estimate of drug-likeness (QED) is 0.383. The van der Waals surface area contributed by atoms with Crippen molar-refractivity contribution in [3.63, 3.8) is 0 Å². The van der Waals surface area contributed by atoms with Crippen LogP contribution in [0.25, 0.3) is 0 Å². The molecular weight excluding hydrogens is 279 g/mol. The van der Waals surface area contributed by atoms with Crippen molar-refractivity contribution < 1.29 is 29.6 Å². The zero-order valence-electron chi connectivity index (χ0n) is 10.0. The van der Waals surface area contributed by atoms with Crippen LogP contribution in [-0.2, 0) is 4.74 Å². The highest BCUT2D eigenvalue weighted by atomic mass is 19.1. The number of aromatic nitrogens is 2. The molecule has 0 amide bonds. The Morgan fingerprint density at radius 1 is 1.25 bits per heavy atom. The SMILES string of the molecule is O=c1[nH]c(=O)n([C@@H]2O[C@H](CO)[C@@H](O)[C@H](O)[C@@H]2O)cc1F. The minimum absolute atomic E-state index is 0.508. The number of ether oxygens (including phenoxy) is 1. The standard InChI is InChI=1S/C10H13FN2O7/c11-3-1-13(10(19)12-8(3)18)9-7(17)6(16)5(15)4(2-14)20-9/h1,4-7,9,14-17H,2H2,(H,12,18,19)/t4-,5-,6+,7+,9-/m1/s1. The zero-order chi connectivity index (χ0) is 15.0. The van der Waals surface area contributed by atoms with Gasteiger partial charge in [0.1, 0.15) is 24.4 Å². The third kappa shape index (κ3) is 2.39. The van der Waals surface area contributed by atoms with Gasteiger partial charge >= 0.3 is 5.69 Å². The molecule has 1 aliphatic rings. The Hall–Kier alpha value is -1.59. The van der Waals surface area contributed by atoms with Crippen molar-refractivity contribution in [2.45, 2.75) is 30.6 Å². The summed E-state index contributed by atoms with van der Waals surface area (Å²) in [5.41, 5.74) is -2.31. The van der Waals surface area contributed by atoms with E-state index in [2.05, 4.69) is 0 Å². The lowest BCUT2D eigenvalue weighted by Crippen LogP contribution is -2.58. The van der Waals surface area contributed by atoms with Gasteiger partial charge in [-0.05, 0) is 0 Å². The predicted octanol–water partition coefficient (Wildman–Crippen LogP) is -3.35. The lowest BCUT2D eigenvalue weighted by Gasteiger charge is -2.40. The Morgan fingerprint density at radius 3 is 2.50 bits per heavy atom. The van der Waals surface area contributed by atoms with Gasteiger partial charge in [-0.3, -0.25) is 14.3 Å². The molecule has 5 atom stereocenters. The lowest BCUT2D eigenvalue weighted by atomic mass is 9.98. The molecule has 1 fully saturated rings. The van der Waals surface area contributed by atoms with E-state index in [-0.39, 0.29) is 0 Å². The van der Waals surface area contributed by atoms with Crippen LogP contribution in [-0.4, -0.2) is 61.0 Å². The third-order valence-corrected chi connectivity index (χ3v) is 3.07. The Bertz CT molecular complexity index is 598. The van der Waals surface area contributed by atoms with Crippen LogP contribution in [0.2, 0.25) is 0 Å². The van der Waals surface area contributed by atoms with Gasteiger partial charge in [0.05, 0.1) is 12.8 Å². The van der Waals surface area contributed by atoms with Crippen molar-refractivity contribution in [3.8, 4) is 0 Å². The summed E-state index contributed by atoms with van der Waals surface area (Å²) >= 11 is 0. The molecule has 0 radical (unpaired) electrons. The highest BCUT2D eigenvalue weighted by molar-refractivity contribution is 4.95. The number of aliphatic hydroxyl groups is 4. The summed E-state index contributed by atoms with van der Waals surface area (Å²) in [6.07, 6.45) is -7.38. The summed E-state index contributed by atoms with van der Waals surface area (Å²) in [5.74, 6) is -1.29. The van der Waals surface area contributed by atoms with Gasteiger partial charge in [0.15, 0.2) is 6.23 Å². The van der Waals surface area contributed by atoms with Crippen molar-refractivity contribution in [1.82, 2.24) is 9.55 Å². The topological polar surface area (TPSA) is 145 Å². The smallest absolute Gasteiger partial charge is 0.330 e. The van der Waals surface area contributed by atoms with Gasteiger partial charge in [-0.25, -0.2) is 4.79 Å². The second-order valence-electron chi connectivity index (χ2n) is 4.36. The molecule has 112 valence electrons. The molecule has 1 saturated heterocycles. The fourth-order valence-corrected chi connectivity index (χ4v) is 1.96. The second-order valence-corrected chi connectivity index (χ2v) is 4.36. The van der Waals surface area contributed by atoms with Crippen molar-refractivity contribution in [2.24, 2.45) is 0 Å². The Kier molecular flexibility index (Phi) is 4.01. The van der Waals surface area contributed by atoms with E-state index in [1.165, 1.54) is 0 Å². The molecule has 0 saturated carbocycles. The number of aromatic amines is 1. The first-order valence-corrected chi connectivity index (χ1v) is 5.68. The van der Waals surface area contributed by atoms with Crippen LogP contribution in [0, 0.1) is 5.82 Å². The van der Waals surface area contributed by atoms with Gasteiger partial charge in [-0.1, -0.05) is 0 Å². The summed E-state index contributed by atoms with van der Waals surface area (Å²) in [5, 5.41) is 37.9. The van der Waals surface area contributed by atoms with E-state index in [4.69, 9.17) is 9.84 Å². The number of nitrogens with one attached hydrogen (secondary N) is 1. The van der Waals surface area contributed by atoms with Crippen LogP contribution in [0.3, 0.4) is 0 Å². The van der Waals surface area contributed by atoms with E-state index in [1.807, 2.05) is 0 Å². The van der Waals surface area contributed by atoms with Gasteiger partial charge in [0.2, 0.25) is 5.82 Å². The number of rotatable bonds is 2. The second kappa shape index (κ2) is 5.42. The third-order valence-electron chi connectivity index (χ3n) is 3.07. The largest absolute Gasteiger partial charge is 0.394 e. The Morgan fingerprint density at radius 2 is 1.90 bits per heavy atom. The average molecular weight is 292 g/mol. The summed E-state index contributed by atoms with van der Waals surface area (Å²) in [7, 11) is 0. The van der Waals surface area contributed by atoms with Crippen LogP contribution in [0.4, 0.5) is 4.39 Å². The minimum atomic E-state index is -1.75. The summed E-state index contributed by atoms with van der Waals surface area (Å²) in [6, 6.07) is 0. The van der Waals surface area contributed by atoms with Gasteiger partial charge in [-0.2, -0.15) is 4.39 Å².